The quantitative estimate of drug-likeness (QED) is 0.807. The van der Waals surface area contributed by atoms with Crippen molar-refractivity contribution >= 4 is 16.9 Å². The van der Waals surface area contributed by atoms with Gasteiger partial charge in [-0.25, -0.2) is 4.79 Å². The van der Waals surface area contributed by atoms with E-state index < -0.39 is 0 Å². The summed E-state index contributed by atoms with van der Waals surface area (Å²) in [6, 6.07) is 5.65. The Hall–Kier alpha value is -1.88. The van der Waals surface area contributed by atoms with E-state index in [1.165, 1.54) is 4.57 Å². The molecule has 0 amide bonds. The van der Waals surface area contributed by atoms with Crippen molar-refractivity contribution in [2.24, 2.45) is 7.05 Å². The van der Waals surface area contributed by atoms with Gasteiger partial charge in [0, 0.05) is 26.6 Å². The molecule has 0 saturated heterocycles. The number of Topliss-reactive ketones (excluding diaryl/α,β-unsaturated/α-hetero) is 1. The number of carbonyl (C=O) groups excluding carboxylic acids is 1. The van der Waals surface area contributed by atoms with Gasteiger partial charge >= 0.3 is 5.76 Å². The molecular formula is C13H16N2O3. The molecule has 1 heterocycles. The predicted octanol–water partition coefficient (Wildman–Crippen LogP) is 1.20. The van der Waals surface area contributed by atoms with Gasteiger partial charge in [0.15, 0.2) is 5.58 Å². The van der Waals surface area contributed by atoms with Crippen LogP contribution >= 0.6 is 0 Å². The van der Waals surface area contributed by atoms with E-state index in [2.05, 4.69) is 5.32 Å². The average molecular weight is 248 g/mol. The summed E-state index contributed by atoms with van der Waals surface area (Å²) in [5.74, 6) is -0.182. The first-order valence-electron chi connectivity index (χ1n) is 5.86. The first-order chi connectivity index (χ1) is 8.58. The number of aryl methyl sites for hydroxylation is 1. The molecule has 0 aliphatic rings. The number of benzene rings is 1. The maximum atomic E-state index is 11.3. The summed E-state index contributed by atoms with van der Waals surface area (Å²) in [5.41, 5.74) is 2.40. The molecule has 1 aromatic heterocycles. The third-order valence-corrected chi connectivity index (χ3v) is 2.84. The maximum absolute atomic E-state index is 11.3. The summed E-state index contributed by atoms with van der Waals surface area (Å²) in [5, 5.41) is 3.17. The average Bonchev–Trinajstić information content (AvgIpc) is 2.60. The van der Waals surface area contributed by atoms with Crippen molar-refractivity contribution in [2.75, 3.05) is 6.54 Å². The lowest BCUT2D eigenvalue weighted by atomic mass is 10.2. The van der Waals surface area contributed by atoms with Crippen LogP contribution in [-0.4, -0.2) is 16.9 Å². The molecule has 0 bridgehead atoms. The SMILES string of the molecule is CC(=O)CCNCc1ccc2c(c1)oc(=O)n2C. The summed E-state index contributed by atoms with van der Waals surface area (Å²) >= 11 is 0. The number of carbonyl (C=O) groups is 1. The van der Waals surface area contributed by atoms with Crippen LogP contribution in [0.4, 0.5) is 0 Å². The second kappa shape index (κ2) is 5.18. The number of hydrogen-bond donors (Lipinski definition) is 1. The molecule has 0 fully saturated rings. The minimum absolute atomic E-state index is 0.173. The molecule has 5 heteroatoms. The lowest BCUT2D eigenvalue weighted by Gasteiger charge is -2.03. The number of rotatable bonds is 5. The Morgan fingerprint density at radius 1 is 1.44 bits per heavy atom. The molecule has 5 nitrogen and oxygen atoms in total. The highest BCUT2D eigenvalue weighted by Gasteiger charge is 2.06. The van der Waals surface area contributed by atoms with E-state index in [1.54, 1.807) is 14.0 Å². The van der Waals surface area contributed by atoms with Crippen LogP contribution in [0.3, 0.4) is 0 Å². The Morgan fingerprint density at radius 3 is 2.94 bits per heavy atom. The number of ketones is 1. The van der Waals surface area contributed by atoms with Crippen molar-refractivity contribution < 1.29 is 9.21 Å². The van der Waals surface area contributed by atoms with E-state index in [0.717, 1.165) is 11.1 Å². The molecule has 0 spiro atoms. The molecule has 0 saturated carbocycles. The van der Waals surface area contributed by atoms with E-state index in [4.69, 9.17) is 4.42 Å². The molecular weight excluding hydrogens is 232 g/mol. The van der Waals surface area contributed by atoms with Crippen LogP contribution < -0.4 is 11.1 Å². The van der Waals surface area contributed by atoms with Gasteiger partial charge in [0.25, 0.3) is 0 Å². The fourth-order valence-electron chi connectivity index (χ4n) is 1.79. The van der Waals surface area contributed by atoms with Gasteiger partial charge in [0.2, 0.25) is 0 Å². The van der Waals surface area contributed by atoms with Crippen molar-refractivity contribution in [3.63, 3.8) is 0 Å². The zero-order valence-corrected chi connectivity index (χ0v) is 10.5. The van der Waals surface area contributed by atoms with Gasteiger partial charge in [0.1, 0.15) is 5.78 Å². The Balaban J connectivity index is 2.06. The van der Waals surface area contributed by atoms with Crippen LogP contribution in [0.2, 0.25) is 0 Å². The smallest absolute Gasteiger partial charge is 0.408 e. The Kier molecular flexibility index (Phi) is 3.62. The monoisotopic (exact) mass is 248 g/mol. The zero-order chi connectivity index (χ0) is 13.1. The summed E-state index contributed by atoms with van der Waals surface area (Å²) < 4.78 is 6.58. The molecule has 1 N–H and O–H groups in total. The highest BCUT2D eigenvalue weighted by molar-refractivity contribution is 5.75. The summed E-state index contributed by atoms with van der Waals surface area (Å²) in [7, 11) is 1.68. The van der Waals surface area contributed by atoms with Gasteiger partial charge in [-0.1, -0.05) is 6.07 Å². The molecule has 0 aliphatic heterocycles. The third kappa shape index (κ3) is 2.68. The molecule has 0 atom stereocenters. The van der Waals surface area contributed by atoms with Crippen LogP contribution in [0, 0.1) is 0 Å². The van der Waals surface area contributed by atoms with Crippen molar-refractivity contribution in [3.05, 3.63) is 34.3 Å². The van der Waals surface area contributed by atoms with Gasteiger partial charge in [-0.3, -0.25) is 9.36 Å². The second-order valence-corrected chi connectivity index (χ2v) is 4.36. The molecule has 96 valence electrons. The van der Waals surface area contributed by atoms with Crippen LogP contribution in [0.15, 0.2) is 27.4 Å². The number of nitrogens with zero attached hydrogens (tertiary/aromatic N) is 1. The predicted molar refractivity (Wildman–Crippen MR) is 68.5 cm³/mol. The number of hydrogen-bond acceptors (Lipinski definition) is 4. The van der Waals surface area contributed by atoms with Crippen molar-refractivity contribution in [3.8, 4) is 0 Å². The molecule has 18 heavy (non-hydrogen) atoms. The first-order valence-corrected chi connectivity index (χ1v) is 5.86. The van der Waals surface area contributed by atoms with Crippen molar-refractivity contribution in [1.82, 2.24) is 9.88 Å². The highest BCUT2D eigenvalue weighted by Crippen LogP contribution is 2.13. The number of aromatic nitrogens is 1. The Bertz CT molecular complexity index is 625. The normalized spacial score (nSPS) is 11.0. The number of oxazole rings is 1. The molecule has 0 aliphatic carbocycles. The standard InChI is InChI=1S/C13H16N2O3/c1-9(16)5-6-14-8-10-3-4-11-12(7-10)18-13(17)15(11)2/h3-4,7,14H,5-6,8H2,1-2H3. The lowest BCUT2D eigenvalue weighted by molar-refractivity contribution is -0.116. The lowest BCUT2D eigenvalue weighted by Crippen LogP contribution is -2.16. The van der Waals surface area contributed by atoms with Crippen LogP contribution in [-0.2, 0) is 18.4 Å². The van der Waals surface area contributed by atoms with E-state index in [-0.39, 0.29) is 11.5 Å². The zero-order valence-electron chi connectivity index (χ0n) is 10.5. The van der Waals surface area contributed by atoms with Crippen LogP contribution in [0.5, 0.6) is 0 Å². The molecule has 2 aromatic rings. The first kappa shape index (κ1) is 12.6. The summed E-state index contributed by atoms with van der Waals surface area (Å²) in [4.78, 5) is 22.1. The molecule has 1 aromatic carbocycles. The molecule has 0 unspecified atom stereocenters. The van der Waals surface area contributed by atoms with Gasteiger partial charge in [-0.05, 0) is 24.6 Å². The Labute approximate surface area is 104 Å². The van der Waals surface area contributed by atoms with Crippen LogP contribution in [0.1, 0.15) is 18.9 Å². The van der Waals surface area contributed by atoms with Gasteiger partial charge in [-0.15, -0.1) is 0 Å². The summed E-state index contributed by atoms with van der Waals surface area (Å²) in [6.07, 6.45) is 0.530. The fraction of sp³-hybridized carbons (Fsp3) is 0.385. The minimum atomic E-state index is -0.355. The maximum Gasteiger partial charge on any atom is 0.419 e. The van der Waals surface area contributed by atoms with E-state index in [0.29, 0.717) is 25.1 Å². The second-order valence-electron chi connectivity index (χ2n) is 4.36. The number of nitrogens with one attached hydrogen (secondary N) is 1. The van der Waals surface area contributed by atoms with Gasteiger partial charge < -0.3 is 9.73 Å². The van der Waals surface area contributed by atoms with E-state index in [9.17, 15) is 9.59 Å². The topological polar surface area (TPSA) is 64.2 Å². The highest BCUT2D eigenvalue weighted by atomic mass is 16.4. The van der Waals surface area contributed by atoms with Crippen LogP contribution in [0.25, 0.3) is 11.1 Å². The third-order valence-electron chi connectivity index (χ3n) is 2.84. The molecule has 0 radical (unpaired) electrons. The van der Waals surface area contributed by atoms with Crippen molar-refractivity contribution in [1.29, 1.82) is 0 Å². The van der Waals surface area contributed by atoms with E-state index >= 15 is 0 Å². The largest absolute Gasteiger partial charge is 0.419 e. The molecule has 2 rings (SSSR count). The van der Waals surface area contributed by atoms with Gasteiger partial charge in [-0.2, -0.15) is 0 Å². The number of fused-ring (bicyclic) bond motifs is 1. The van der Waals surface area contributed by atoms with Crippen molar-refractivity contribution in [2.45, 2.75) is 19.9 Å². The minimum Gasteiger partial charge on any atom is -0.408 e. The fourth-order valence-corrected chi connectivity index (χ4v) is 1.79. The van der Waals surface area contributed by atoms with E-state index in [1.807, 2.05) is 18.2 Å². The Morgan fingerprint density at radius 2 is 2.22 bits per heavy atom. The van der Waals surface area contributed by atoms with Gasteiger partial charge in [0.05, 0.1) is 5.52 Å². The summed E-state index contributed by atoms with van der Waals surface area (Å²) in [6.45, 7) is 2.89.